The van der Waals surface area contributed by atoms with Gasteiger partial charge in [-0.25, -0.2) is 0 Å². The molecule has 0 aliphatic carbocycles. The molecule has 1 nitrogen and oxygen atoms in total. The Labute approximate surface area is 87.0 Å². The number of benzene rings is 1. The van der Waals surface area contributed by atoms with Gasteiger partial charge in [-0.05, 0) is 12.1 Å². The second-order valence-electron chi connectivity index (χ2n) is 4.43. The molecule has 74 valence electrons. The molecule has 0 unspecified atom stereocenters. The molecule has 0 saturated heterocycles. The fourth-order valence-electron chi connectivity index (χ4n) is 1.08. The lowest BCUT2D eigenvalue weighted by atomic mass is 10.2. The summed E-state index contributed by atoms with van der Waals surface area (Å²) < 4.78 is 0.976. The van der Waals surface area contributed by atoms with Gasteiger partial charge in [-0.3, -0.25) is 0 Å². The molecule has 0 N–H and O–H groups in total. The summed E-state index contributed by atoms with van der Waals surface area (Å²) in [4.78, 5) is 0. The third kappa shape index (κ3) is 4.69. The summed E-state index contributed by atoms with van der Waals surface area (Å²) in [7, 11) is 6.55. The van der Waals surface area contributed by atoms with Gasteiger partial charge in [0.15, 0.2) is 0 Å². The van der Waals surface area contributed by atoms with E-state index in [9.17, 15) is 0 Å². The van der Waals surface area contributed by atoms with Crippen LogP contribution in [0.15, 0.2) is 30.3 Å². The summed E-state index contributed by atoms with van der Waals surface area (Å²) in [6.07, 6.45) is 0.957. The van der Waals surface area contributed by atoms with Crippen LogP contribution in [0.5, 0.6) is 0 Å². The Balaban J connectivity index is 2.42. The Morgan fingerprint density at radius 2 is 1.71 bits per heavy atom. The summed E-state index contributed by atoms with van der Waals surface area (Å²) in [5.41, 5.74) is 1.11. The Hall–Kier alpha value is -1.26. The van der Waals surface area contributed by atoms with E-state index in [1.165, 1.54) is 0 Å². The molecule has 1 rings (SSSR count). The molecule has 0 amide bonds. The van der Waals surface area contributed by atoms with Crippen molar-refractivity contribution >= 4 is 0 Å². The predicted molar refractivity (Wildman–Crippen MR) is 60.8 cm³/mol. The smallest absolute Gasteiger partial charge is 0.0891 e. The monoisotopic (exact) mass is 188 g/mol. The van der Waals surface area contributed by atoms with E-state index in [0.29, 0.717) is 0 Å². The van der Waals surface area contributed by atoms with Gasteiger partial charge >= 0.3 is 0 Å². The van der Waals surface area contributed by atoms with Crippen LogP contribution in [0.2, 0.25) is 0 Å². The minimum atomic E-state index is 0.957. The first-order valence-electron chi connectivity index (χ1n) is 4.92. The average molecular weight is 188 g/mol. The summed E-state index contributed by atoms with van der Waals surface area (Å²) in [5, 5.41) is 0. The van der Waals surface area contributed by atoms with Gasteiger partial charge in [0.1, 0.15) is 0 Å². The number of hydrogen-bond acceptors (Lipinski definition) is 0. The summed E-state index contributed by atoms with van der Waals surface area (Å²) in [6.45, 7) is 1.10. The van der Waals surface area contributed by atoms with Crippen molar-refractivity contribution in [2.24, 2.45) is 0 Å². The minimum Gasteiger partial charge on any atom is -0.330 e. The van der Waals surface area contributed by atoms with Crippen molar-refractivity contribution in [1.82, 2.24) is 0 Å². The largest absolute Gasteiger partial charge is 0.330 e. The molecule has 0 bridgehead atoms. The topological polar surface area (TPSA) is 0 Å². The lowest BCUT2D eigenvalue weighted by molar-refractivity contribution is -0.869. The van der Waals surface area contributed by atoms with Crippen molar-refractivity contribution in [2.45, 2.75) is 6.42 Å². The third-order valence-corrected chi connectivity index (χ3v) is 1.91. The first kappa shape index (κ1) is 10.8. The standard InChI is InChI=1S/C13H18N/c1-14(2,3)12-8-7-11-13-9-5-4-6-10-13/h4-6,9-10H,8,12H2,1-3H3/q+1. The van der Waals surface area contributed by atoms with Gasteiger partial charge in [0.2, 0.25) is 0 Å². The third-order valence-electron chi connectivity index (χ3n) is 1.91. The van der Waals surface area contributed by atoms with Gasteiger partial charge in [0.05, 0.1) is 34.1 Å². The normalized spacial score (nSPS) is 10.5. The predicted octanol–water partition coefficient (Wildman–Crippen LogP) is 2.13. The highest BCUT2D eigenvalue weighted by Crippen LogP contribution is 1.96. The van der Waals surface area contributed by atoms with E-state index in [4.69, 9.17) is 0 Å². The van der Waals surface area contributed by atoms with Crippen molar-refractivity contribution in [2.75, 3.05) is 27.7 Å². The van der Waals surface area contributed by atoms with Crippen LogP contribution in [-0.2, 0) is 0 Å². The molecular formula is C13H18N+. The van der Waals surface area contributed by atoms with E-state index < -0.39 is 0 Å². The van der Waals surface area contributed by atoms with Crippen molar-refractivity contribution in [3.05, 3.63) is 35.9 Å². The maximum Gasteiger partial charge on any atom is 0.0891 e. The molecule has 0 atom stereocenters. The van der Waals surface area contributed by atoms with Crippen molar-refractivity contribution in [3.63, 3.8) is 0 Å². The van der Waals surface area contributed by atoms with E-state index in [1.54, 1.807) is 0 Å². The van der Waals surface area contributed by atoms with Gasteiger partial charge < -0.3 is 4.48 Å². The van der Waals surface area contributed by atoms with E-state index in [-0.39, 0.29) is 0 Å². The second kappa shape index (κ2) is 4.83. The molecule has 0 aromatic heterocycles. The van der Waals surface area contributed by atoms with Gasteiger partial charge in [0, 0.05) is 5.56 Å². The van der Waals surface area contributed by atoms with Crippen LogP contribution in [0.4, 0.5) is 0 Å². The van der Waals surface area contributed by atoms with Crippen LogP contribution >= 0.6 is 0 Å². The first-order valence-corrected chi connectivity index (χ1v) is 4.92. The molecule has 1 aromatic rings. The molecule has 0 radical (unpaired) electrons. The van der Waals surface area contributed by atoms with Gasteiger partial charge in [-0.2, -0.15) is 0 Å². The zero-order valence-corrected chi connectivity index (χ0v) is 9.25. The van der Waals surface area contributed by atoms with Crippen LogP contribution in [0.1, 0.15) is 12.0 Å². The van der Waals surface area contributed by atoms with Crippen LogP contribution in [-0.4, -0.2) is 32.2 Å². The highest BCUT2D eigenvalue weighted by Gasteiger charge is 2.03. The molecule has 1 heteroatoms. The van der Waals surface area contributed by atoms with E-state index in [1.807, 2.05) is 30.3 Å². The number of quaternary nitrogens is 1. The molecular weight excluding hydrogens is 170 g/mol. The van der Waals surface area contributed by atoms with E-state index in [2.05, 4.69) is 33.0 Å². The molecule has 0 aliphatic rings. The quantitative estimate of drug-likeness (QED) is 0.493. The fourth-order valence-corrected chi connectivity index (χ4v) is 1.08. The van der Waals surface area contributed by atoms with Crippen LogP contribution in [0, 0.1) is 11.8 Å². The van der Waals surface area contributed by atoms with Gasteiger partial charge in [-0.1, -0.05) is 30.0 Å². The lowest BCUT2D eigenvalue weighted by Gasteiger charge is -2.22. The molecule has 0 saturated carbocycles. The van der Waals surface area contributed by atoms with E-state index in [0.717, 1.165) is 23.0 Å². The molecule has 0 fully saturated rings. The van der Waals surface area contributed by atoms with Crippen molar-refractivity contribution in [3.8, 4) is 11.8 Å². The van der Waals surface area contributed by atoms with Gasteiger partial charge in [0.25, 0.3) is 0 Å². The first-order chi connectivity index (χ1) is 6.58. The molecule has 14 heavy (non-hydrogen) atoms. The zero-order chi connectivity index (χ0) is 10.4. The number of rotatable bonds is 2. The number of nitrogens with zero attached hydrogens (tertiary/aromatic N) is 1. The maximum atomic E-state index is 3.19. The highest BCUT2D eigenvalue weighted by molar-refractivity contribution is 5.33. The zero-order valence-electron chi connectivity index (χ0n) is 9.25. The summed E-state index contributed by atoms with van der Waals surface area (Å²) in [5.74, 6) is 6.35. The Bertz CT molecular complexity index is 322. The van der Waals surface area contributed by atoms with Crippen molar-refractivity contribution < 1.29 is 4.48 Å². The number of hydrogen-bond donors (Lipinski definition) is 0. The SMILES string of the molecule is C[N+](C)(C)CCC#Cc1ccccc1. The summed E-state index contributed by atoms with van der Waals surface area (Å²) >= 11 is 0. The molecule has 1 aromatic carbocycles. The maximum absolute atomic E-state index is 3.19. The highest BCUT2D eigenvalue weighted by atomic mass is 15.3. The van der Waals surface area contributed by atoms with Crippen LogP contribution in [0.3, 0.4) is 0 Å². The summed E-state index contributed by atoms with van der Waals surface area (Å²) in [6, 6.07) is 10.1. The fraction of sp³-hybridized carbons (Fsp3) is 0.385. The Kier molecular flexibility index (Phi) is 3.73. The second-order valence-corrected chi connectivity index (χ2v) is 4.43. The van der Waals surface area contributed by atoms with E-state index >= 15 is 0 Å². The molecule has 0 spiro atoms. The average Bonchev–Trinajstić information content (AvgIpc) is 2.13. The van der Waals surface area contributed by atoms with Crippen LogP contribution in [0.25, 0.3) is 0 Å². The van der Waals surface area contributed by atoms with Crippen molar-refractivity contribution in [1.29, 1.82) is 0 Å². The Morgan fingerprint density at radius 1 is 1.07 bits per heavy atom. The molecule has 0 heterocycles. The van der Waals surface area contributed by atoms with Gasteiger partial charge in [-0.15, -0.1) is 0 Å². The minimum absolute atomic E-state index is 0.957. The van der Waals surface area contributed by atoms with Crippen LogP contribution < -0.4 is 0 Å². The lowest BCUT2D eigenvalue weighted by Crippen LogP contribution is -2.34. The Morgan fingerprint density at radius 3 is 2.29 bits per heavy atom. The molecule has 0 aliphatic heterocycles.